The second kappa shape index (κ2) is 6.98. The van der Waals surface area contributed by atoms with Gasteiger partial charge in [-0.2, -0.15) is 0 Å². The van der Waals surface area contributed by atoms with Crippen molar-refractivity contribution in [2.24, 2.45) is 10.9 Å². The molecule has 0 spiro atoms. The first-order valence-electron chi connectivity index (χ1n) is 5.17. The molecule has 0 saturated heterocycles. The predicted molar refractivity (Wildman–Crippen MR) is 66.0 cm³/mol. The zero-order chi connectivity index (χ0) is 12.7. The summed E-state index contributed by atoms with van der Waals surface area (Å²) in [6, 6.07) is 4.89. The van der Waals surface area contributed by atoms with Crippen LogP contribution in [0.2, 0.25) is 5.02 Å². The van der Waals surface area contributed by atoms with Crippen LogP contribution in [0.5, 0.6) is 5.75 Å². The molecule has 0 unspecified atom stereocenters. The number of nitrogens with two attached hydrogens (primary N) is 1. The monoisotopic (exact) mass is 258 g/mol. The zero-order valence-corrected chi connectivity index (χ0v) is 10.3. The predicted octanol–water partition coefficient (Wildman–Crippen LogP) is 1.85. The number of rotatable bonds is 6. The summed E-state index contributed by atoms with van der Waals surface area (Å²) in [4.78, 5) is 0. The fourth-order valence-corrected chi connectivity index (χ4v) is 1.40. The minimum atomic E-state index is -0.0203. The summed E-state index contributed by atoms with van der Waals surface area (Å²) in [6.45, 7) is 3.38. The highest BCUT2D eigenvalue weighted by Crippen LogP contribution is 2.23. The van der Waals surface area contributed by atoms with Gasteiger partial charge in [0.15, 0.2) is 5.84 Å². The normalized spacial score (nSPS) is 11.5. The standard InChI is InChI=1S/C11H15ClN2O3/c1-2-16-5-6-17-10-7-8(12)3-4-9(10)11(13)14-15/h3-4,7,15H,2,5-6H2,1H3,(H2,13,14). The van der Waals surface area contributed by atoms with E-state index in [0.717, 1.165) is 0 Å². The lowest BCUT2D eigenvalue weighted by atomic mass is 10.2. The maximum absolute atomic E-state index is 8.64. The van der Waals surface area contributed by atoms with Crippen molar-refractivity contribution in [1.29, 1.82) is 0 Å². The lowest BCUT2D eigenvalue weighted by molar-refractivity contribution is 0.110. The molecule has 1 aromatic carbocycles. The van der Waals surface area contributed by atoms with Crippen LogP contribution in [-0.4, -0.2) is 30.9 Å². The first-order chi connectivity index (χ1) is 8.19. The number of hydrogen-bond acceptors (Lipinski definition) is 4. The van der Waals surface area contributed by atoms with E-state index in [-0.39, 0.29) is 5.84 Å². The summed E-state index contributed by atoms with van der Waals surface area (Å²) in [7, 11) is 0. The van der Waals surface area contributed by atoms with E-state index in [2.05, 4.69) is 5.16 Å². The number of oxime groups is 1. The first kappa shape index (κ1) is 13.6. The highest BCUT2D eigenvalue weighted by Gasteiger charge is 2.09. The van der Waals surface area contributed by atoms with Crippen molar-refractivity contribution in [3.05, 3.63) is 28.8 Å². The van der Waals surface area contributed by atoms with Crippen LogP contribution in [0.15, 0.2) is 23.4 Å². The molecule has 3 N–H and O–H groups in total. The third-order valence-corrected chi connectivity index (χ3v) is 2.25. The molecule has 1 aromatic rings. The summed E-state index contributed by atoms with van der Waals surface area (Å²) in [5, 5.41) is 12.1. The minimum Gasteiger partial charge on any atom is -0.490 e. The fourth-order valence-electron chi connectivity index (χ4n) is 1.24. The SMILES string of the molecule is CCOCCOc1cc(Cl)ccc1C(N)=NO. The number of halogens is 1. The van der Waals surface area contributed by atoms with Gasteiger partial charge in [-0.3, -0.25) is 0 Å². The van der Waals surface area contributed by atoms with Crippen molar-refractivity contribution >= 4 is 17.4 Å². The van der Waals surface area contributed by atoms with Crippen molar-refractivity contribution in [2.75, 3.05) is 19.8 Å². The second-order valence-corrected chi connectivity index (χ2v) is 3.61. The summed E-state index contributed by atoms with van der Waals surface area (Å²) in [5.41, 5.74) is 6.02. The average molecular weight is 259 g/mol. The molecular formula is C11H15ClN2O3. The van der Waals surface area contributed by atoms with Crippen LogP contribution in [0, 0.1) is 0 Å². The Hall–Kier alpha value is -1.46. The number of hydrogen-bond donors (Lipinski definition) is 2. The number of benzene rings is 1. The minimum absolute atomic E-state index is 0.0203. The zero-order valence-electron chi connectivity index (χ0n) is 9.52. The summed E-state index contributed by atoms with van der Waals surface area (Å²) >= 11 is 5.85. The van der Waals surface area contributed by atoms with Crippen LogP contribution < -0.4 is 10.5 Å². The van der Waals surface area contributed by atoms with Crippen LogP contribution >= 0.6 is 11.6 Å². The van der Waals surface area contributed by atoms with Crippen LogP contribution in [0.1, 0.15) is 12.5 Å². The molecule has 6 heteroatoms. The molecule has 0 aromatic heterocycles. The van der Waals surface area contributed by atoms with E-state index in [1.807, 2.05) is 6.92 Å². The molecule has 94 valence electrons. The molecule has 0 aliphatic heterocycles. The van der Waals surface area contributed by atoms with Crippen molar-refractivity contribution in [3.8, 4) is 5.75 Å². The first-order valence-corrected chi connectivity index (χ1v) is 5.54. The van der Waals surface area contributed by atoms with Gasteiger partial charge in [-0.15, -0.1) is 0 Å². The lowest BCUT2D eigenvalue weighted by Gasteiger charge is -2.10. The van der Waals surface area contributed by atoms with Gasteiger partial charge in [0.05, 0.1) is 12.2 Å². The van der Waals surface area contributed by atoms with Gasteiger partial charge in [0, 0.05) is 11.6 Å². The average Bonchev–Trinajstić information content (AvgIpc) is 2.34. The van der Waals surface area contributed by atoms with E-state index in [9.17, 15) is 0 Å². The van der Waals surface area contributed by atoms with Gasteiger partial charge in [0.2, 0.25) is 0 Å². The summed E-state index contributed by atoms with van der Waals surface area (Å²) < 4.78 is 10.6. The van der Waals surface area contributed by atoms with Gasteiger partial charge in [-0.25, -0.2) is 0 Å². The summed E-state index contributed by atoms with van der Waals surface area (Å²) in [6.07, 6.45) is 0. The molecule has 1 rings (SSSR count). The van der Waals surface area contributed by atoms with Crippen molar-refractivity contribution < 1.29 is 14.7 Å². The Morgan fingerprint density at radius 3 is 2.88 bits per heavy atom. The highest BCUT2D eigenvalue weighted by atomic mass is 35.5. The highest BCUT2D eigenvalue weighted by molar-refractivity contribution is 6.30. The van der Waals surface area contributed by atoms with Gasteiger partial charge in [-0.1, -0.05) is 16.8 Å². The molecule has 5 nitrogen and oxygen atoms in total. The van der Waals surface area contributed by atoms with Crippen LogP contribution in [-0.2, 0) is 4.74 Å². The molecule has 0 aliphatic rings. The van der Waals surface area contributed by atoms with Crippen molar-refractivity contribution in [1.82, 2.24) is 0 Å². The Kier molecular flexibility index (Phi) is 5.59. The van der Waals surface area contributed by atoms with Crippen molar-refractivity contribution in [2.45, 2.75) is 6.92 Å². The molecule has 0 saturated carbocycles. The Balaban J connectivity index is 2.77. The Morgan fingerprint density at radius 1 is 1.47 bits per heavy atom. The van der Waals surface area contributed by atoms with E-state index in [1.54, 1.807) is 18.2 Å². The maximum atomic E-state index is 8.64. The molecule has 0 aliphatic carbocycles. The quantitative estimate of drug-likeness (QED) is 0.268. The molecule has 17 heavy (non-hydrogen) atoms. The van der Waals surface area contributed by atoms with Gasteiger partial charge >= 0.3 is 0 Å². The van der Waals surface area contributed by atoms with Gasteiger partial charge in [-0.05, 0) is 25.1 Å². The third-order valence-electron chi connectivity index (χ3n) is 2.02. The molecule has 0 fully saturated rings. The van der Waals surface area contributed by atoms with E-state index >= 15 is 0 Å². The Morgan fingerprint density at radius 2 is 2.24 bits per heavy atom. The van der Waals surface area contributed by atoms with Crippen molar-refractivity contribution in [3.63, 3.8) is 0 Å². The second-order valence-electron chi connectivity index (χ2n) is 3.17. The molecule has 0 radical (unpaired) electrons. The van der Waals surface area contributed by atoms with E-state index < -0.39 is 0 Å². The fraction of sp³-hybridized carbons (Fsp3) is 0.364. The Bertz CT molecular complexity index is 396. The van der Waals surface area contributed by atoms with Gasteiger partial charge < -0.3 is 20.4 Å². The maximum Gasteiger partial charge on any atom is 0.173 e. The van der Waals surface area contributed by atoms with Crippen LogP contribution in [0.3, 0.4) is 0 Å². The number of amidine groups is 1. The topological polar surface area (TPSA) is 77.1 Å². The van der Waals surface area contributed by atoms with Crippen LogP contribution in [0.4, 0.5) is 0 Å². The molecule has 0 amide bonds. The number of nitrogens with zero attached hydrogens (tertiary/aromatic N) is 1. The lowest BCUT2D eigenvalue weighted by Crippen LogP contribution is -2.16. The Labute approximate surface area is 105 Å². The third kappa shape index (κ3) is 4.13. The molecule has 0 atom stereocenters. The number of ether oxygens (including phenoxy) is 2. The molecule has 0 bridgehead atoms. The molecular weight excluding hydrogens is 244 g/mol. The largest absolute Gasteiger partial charge is 0.490 e. The molecule has 0 heterocycles. The smallest absolute Gasteiger partial charge is 0.173 e. The van der Waals surface area contributed by atoms with E-state index in [1.165, 1.54) is 0 Å². The van der Waals surface area contributed by atoms with Gasteiger partial charge in [0.1, 0.15) is 12.4 Å². The van der Waals surface area contributed by atoms with E-state index in [0.29, 0.717) is 36.2 Å². The van der Waals surface area contributed by atoms with Crippen LogP contribution in [0.25, 0.3) is 0 Å². The van der Waals surface area contributed by atoms with E-state index in [4.69, 9.17) is 32.0 Å². The summed E-state index contributed by atoms with van der Waals surface area (Å²) in [5.74, 6) is 0.445. The van der Waals surface area contributed by atoms with Gasteiger partial charge in [0.25, 0.3) is 0 Å².